The van der Waals surface area contributed by atoms with Crippen LogP contribution in [-0.4, -0.2) is 41.9 Å². The van der Waals surface area contributed by atoms with Crippen LogP contribution in [0.4, 0.5) is 0 Å². The van der Waals surface area contributed by atoms with Gasteiger partial charge in [0, 0.05) is 23.4 Å². The Morgan fingerprint density at radius 2 is 2.17 bits per heavy atom. The van der Waals surface area contributed by atoms with Gasteiger partial charge in [0.25, 0.3) is 0 Å². The molecule has 1 aromatic rings. The molecule has 3 nitrogen and oxygen atoms in total. The van der Waals surface area contributed by atoms with E-state index in [0.29, 0.717) is 31.1 Å². The predicted octanol–water partition coefficient (Wildman–Crippen LogP) is 2.50. The monoisotopic (exact) mass is 331 g/mol. The highest BCUT2D eigenvalue weighted by Gasteiger charge is 2.23. The molecule has 1 amide bonds. The number of rotatable bonds is 3. The first kappa shape index (κ1) is 13.8. The zero-order chi connectivity index (χ0) is 13.0. The number of carbonyl (C=O) groups excluding carboxylic acids is 1. The molecule has 1 aliphatic rings. The molecule has 0 aromatic heterocycles. The second kappa shape index (κ2) is 6.55. The Bertz CT molecular complexity index is 410. The molecular weight excluding hydrogens is 318 g/mol. The average Bonchev–Trinajstić information content (AvgIpc) is 2.41. The zero-order valence-electron chi connectivity index (χ0n) is 9.94. The molecule has 2 rings (SSSR count). The largest absolute Gasteiger partial charge is 0.374 e. The van der Waals surface area contributed by atoms with E-state index in [1.165, 1.54) is 0 Å². The minimum atomic E-state index is 0.105. The van der Waals surface area contributed by atoms with E-state index in [9.17, 15) is 4.79 Å². The van der Waals surface area contributed by atoms with Crippen molar-refractivity contribution in [3.63, 3.8) is 0 Å². The molecular formula is C13H15BrClNO2. The van der Waals surface area contributed by atoms with E-state index >= 15 is 0 Å². The normalized spacial score (nSPS) is 19.9. The molecule has 0 spiro atoms. The first-order valence-electron chi connectivity index (χ1n) is 5.89. The van der Waals surface area contributed by atoms with Gasteiger partial charge in [0.1, 0.15) is 0 Å². The third kappa shape index (κ3) is 3.70. The Morgan fingerprint density at radius 3 is 2.83 bits per heavy atom. The van der Waals surface area contributed by atoms with Gasteiger partial charge in [-0.1, -0.05) is 39.7 Å². The van der Waals surface area contributed by atoms with Crippen molar-refractivity contribution in [1.82, 2.24) is 4.90 Å². The van der Waals surface area contributed by atoms with Gasteiger partial charge in [-0.25, -0.2) is 0 Å². The predicted molar refractivity (Wildman–Crippen MR) is 75.3 cm³/mol. The zero-order valence-corrected chi connectivity index (χ0v) is 12.3. The summed E-state index contributed by atoms with van der Waals surface area (Å²) in [7, 11) is 0. The summed E-state index contributed by atoms with van der Waals surface area (Å²) in [6.45, 7) is 1.95. The van der Waals surface area contributed by atoms with E-state index in [1.54, 1.807) is 0 Å². The number of carbonyl (C=O) groups is 1. The third-order valence-electron chi connectivity index (χ3n) is 2.93. The summed E-state index contributed by atoms with van der Waals surface area (Å²) in [5, 5.41) is 1.45. The fourth-order valence-electron chi connectivity index (χ4n) is 1.93. The van der Waals surface area contributed by atoms with E-state index in [2.05, 4.69) is 15.9 Å². The van der Waals surface area contributed by atoms with Crippen molar-refractivity contribution in [1.29, 1.82) is 0 Å². The van der Waals surface area contributed by atoms with E-state index in [4.69, 9.17) is 16.3 Å². The van der Waals surface area contributed by atoms with Crippen molar-refractivity contribution < 1.29 is 9.53 Å². The molecule has 1 atom stereocenters. The van der Waals surface area contributed by atoms with Crippen LogP contribution in [0.1, 0.15) is 5.56 Å². The number of benzene rings is 1. The highest BCUT2D eigenvalue weighted by atomic mass is 79.9. The number of hydrogen-bond donors (Lipinski definition) is 0. The maximum Gasteiger partial charge on any atom is 0.227 e. The van der Waals surface area contributed by atoms with Crippen LogP contribution in [-0.2, 0) is 16.0 Å². The molecule has 1 unspecified atom stereocenters. The highest BCUT2D eigenvalue weighted by Crippen LogP contribution is 2.13. The Hall–Kier alpha value is -0.580. The van der Waals surface area contributed by atoms with Crippen LogP contribution in [0.15, 0.2) is 24.3 Å². The number of morpholine rings is 1. The molecule has 1 aromatic carbocycles. The van der Waals surface area contributed by atoms with Gasteiger partial charge in [-0.2, -0.15) is 0 Å². The molecule has 18 heavy (non-hydrogen) atoms. The summed E-state index contributed by atoms with van der Waals surface area (Å²) in [5.74, 6) is 0.145. The number of amides is 1. The third-order valence-corrected chi connectivity index (χ3v) is 3.91. The van der Waals surface area contributed by atoms with E-state index in [1.807, 2.05) is 29.2 Å². The summed E-state index contributed by atoms with van der Waals surface area (Å²) < 4.78 is 5.52. The van der Waals surface area contributed by atoms with E-state index in [-0.39, 0.29) is 12.0 Å². The Balaban J connectivity index is 1.93. The molecule has 98 valence electrons. The Morgan fingerprint density at radius 1 is 1.44 bits per heavy atom. The summed E-state index contributed by atoms with van der Waals surface area (Å²) in [6, 6.07) is 7.40. The number of hydrogen-bond acceptors (Lipinski definition) is 2. The van der Waals surface area contributed by atoms with Crippen LogP contribution in [0.25, 0.3) is 0 Å². The van der Waals surface area contributed by atoms with Gasteiger partial charge in [0.15, 0.2) is 0 Å². The van der Waals surface area contributed by atoms with Crippen LogP contribution < -0.4 is 0 Å². The van der Waals surface area contributed by atoms with Crippen molar-refractivity contribution in [2.24, 2.45) is 0 Å². The van der Waals surface area contributed by atoms with Crippen molar-refractivity contribution >= 4 is 33.4 Å². The first-order valence-corrected chi connectivity index (χ1v) is 7.39. The standard InChI is InChI=1S/C13H15BrClNO2/c14-8-12-9-16(5-6-18-12)13(17)7-10-1-3-11(15)4-2-10/h1-4,12H,5-9H2. The number of alkyl halides is 1. The molecule has 1 aliphatic heterocycles. The van der Waals surface area contributed by atoms with Crippen LogP contribution in [0.2, 0.25) is 5.02 Å². The maximum atomic E-state index is 12.1. The van der Waals surface area contributed by atoms with Crippen LogP contribution in [0.5, 0.6) is 0 Å². The number of nitrogens with zero attached hydrogens (tertiary/aromatic N) is 1. The lowest BCUT2D eigenvalue weighted by molar-refractivity contribution is -0.137. The smallest absolute Gasteiger partial charge is 0.227 e. The van der Waals surface area contributed by atoms with Crippen molar-refractivity contribution in [3.8, 4) is 0 Å². The Labute approximate surface area is 120 Å². The van der Waals surface area contributed by atoms with Gasteiger partial charge < -0.3 is 9.64 Å². The fraction of sp³-hybridized carbons (Fsp3) is 0.462. The summed E-state index contributed by atoms with van der Waals surface area (Å²) >= 11 is 9.20. The van der Waals surface area contributed by atoms with Crippen molar-refractivity contribution in [3.05, 3.63) is 34.9 Å². The van der Waals surface area contributed by atoms with E-state index in [0.717, 1.165) is 10.9 Å². The van der Waals surface area contributed by atoms with Crippen molar-refractivity contribution in [2.45, 2.75) is 12.5 Å². The topological polar surface area (TPSA) is 29.5 Å². The van der Waals surface area contributed by atoms with Gasteiger partial charge in [-0.3, -0.25) is 4.79 Å². The highest BCUT2D eigenvalue weighted by molar-refractivity contribution is 9.09. The molecule has 0 radical (unpaired) electrons. The van der Waals surface area contributed by atoms with E-state index < -0.39 is 0 Å². The second-order valence-electron chi connectivity index (χ2n) is 4.29. The van der Waals surface area contributed by atoms with Gasteiger partial charge in [-0.05, 0) is 17.7 Å². The van der Waals surface area contributed by atoms with Crippen LogP contribution in [0, 0.1) is 0 Å². The van der Waals surface area contributed by atoms with Crippen molar-refractivity contribution in [2.75, 3.05) is 25.0 Å². The lowest BCUT2D eigenvalue weighted by Crippen LogP contribution is -2.46. The molecule has 0 saturated carbocycles. The average molecular weight is 333 g/mol. The van der Waals surface area contributed by atoms with Crippen LogP contribution >= 0.6 is 27.5 Å². The molecule has 1 saturated heterocycles. The molecule has 0 aliphatic carbocycles. The number of halogens is 2. The maximum absolute atomic E-state index is 12.1. The number of ether oxygens (including phenoxy) is 1. The minimum Gasteiger partial charge on any atom is -0.374 e. The Kier molecular flexibility index (Phi) is 5.03. The lowest BCUT2D eigenvalue weighted by atomic mass is 10.1. The quantitative estimate of drug-likeness (QED) is 0.796. The molecule has 0 N–H and O–H groups in total. The molecule has 1 heterocycles. The second-order valence-corrected chi connectivity index (χ2v) is 5.37. The molecule has 5 heteroatoms. The fourth-order valence-corrected chi connectivity index (χ4v) is 2.45. The minimum absolute atomic E-state index is 0.105. The summed E-state index contributed by atoms with van der Waals surface area (Å²) in [4.78, 5) is 14.0. The summed E-state index contributed by atoms with van der Waals surface area (Å²) in [6.07, 6.45) is 0.527. The SMILES string of the molecule is O=C(Cc1ccc(Cl)cc1)N1CCOC(CBr)C1. The first-order chi connectivity index (χ1) is 8.69. The van der Waals surface area contributed by atoms with Gasteiger partial charge >= 0.3 is 0 Å². The van der Waals surface area contributed by atoms with Crippen LogP contribution in [0.3, 0.4) is 0 Å². The summed E-state index contributed by atoms with van der Waals surface area (Å²) in [5.41, 5.74) is 0.992. The molecule has 0 bridgehead atoms. The van der Waals surface area contributed by atoms with Gasteiger partial charge in [0.2, 0.25) is 5.91 Å². The lowest BCUT2D eigenvalue weighted by Gasteiger charge is -2.32. The molecule has 1 fully saturated rings. The van der Waals surface area contributed by atoms with Gasteiger partial charge in [-0.15, -0.1) is 0 Å². The van der Waals surface area contributed by atoms with Gasteiger partial charge in [0.05, 0.1) is 19.1 Å².